The molecule has 6 heteroatoms. The highest BCUT2D eigenvalue weighted by molar-refractivity contribution is 8.13. The SMILES string of the molecule is CS/C(=N\NC(=O)OC(C)C)C1CCC(N)CC1. The maximum atomic E-state index is 11.3. The Labute approximate surface area is 113 Å². The zero-order valence-electron chi connectivity index (χ0n) is 11.3. The Hall–Kier alpha value is -0.750. The molecule has 0 aliphatic heterocycles. The topological polar surface area (TPSA) is 76.7 Å². The second kappa shape index (κ2) is 7.63. The van der Waals surface area contributed by atoms with E-state index in [1.54, 1.807) is 25.6 Å². The first-order chi connectivity index (χ1) is 8.52. The lowest BCUT2D eigenvalue weighted by Gasteiger charge is -2.26. The molecule has 104 valence electrons. The van der Waals surface area contributed by atoms with Crippen LogP contribution in [0.25, 0.3) is 0 Å². The van der Waals surface area contributed by atoms with Gasteiger partial charge in [-0.2, -0.15) is 5.10 Å². The van der Waals surface area contributed by atoms with E-state index in [-0.39, 0.29) is 6.10 Å². The number of ether oxygens (including phenoxy) is 1. The van der Waals surface area contributed by atoms with Gasteiger partial charge in [0.05, 0.1) is 11.1 Å². The van der Waals surface area contributed by atoms with Crippen LogP contribution in [0.15, 0.2) is 5.10 Å². The highest BCUT2D eigenvalue weighted by Gasteiger charge is 2.23. The Bertz CT molecular complexity index is 300. The molecule has 1 aliphatic rings. The van der Waals surface area contributed by atoms with Crippen molar-refractivity contribution in [2.75, 3.05) is 6.26 Å². The molecular weight excluding hydrogens is 250 g/mol. The van der Waals surface area contributed by atoms with Gasteiger partial charge < -0.3 is 10.5 Å². The number of hydrogen-bond donors (Lipinski definition) is 2. The molecule has 5 nitrogen and oxygen atoms in total. The molecule has 1 saturated carbocycles. The minimum Gasteiger partial charge on any atom is -0.446 e. The van der Waals surface area contributed by atoms with Gasteiger partial charge in [0.15, 0.2) is 0 Å². The normalized spacial score (nSPS) is 25.1. The summed E-state index contributed by atoms with van der Waals surface area (Å²) in [6.45, 7) is 3.61. The molecule has 0 atom stereocenters. The van der Waals surface area contributed by atoms with Gasteiger partial charge in [-0.1, -0.05) is 0 Å². The summed E-state index contributed by atoms with van der Waals surface area (Å²) in [5, 5.41) is 5.12. The van der Waals surface area contributed by atoms with Crippen LogP contribution in [0, 0.1) is 5.92 Å². The van der Waals surface area contributed by atoms with Crippen LogP contribution in [-0.4, -0.2) is 29.5 Å². The molecule has 0 heterocycles. The van der Waals surface area contributed by atoms with Gasteiger partial charge in [0.25, 0.3) is 0 Å². The molecule has 3 N–H and O–H groups in total. The monoisotopic (exact) mass is 273 g/mol. The Morgan fingerprint density at radius 2 is 2.00 bits per heavy atom. The van der Waals surface area contributed by atoms with Crippen molar-refractivity contribution in [3.8, 4) is 0 Å². The van der Waals surface area contributed by atoms with Crippen molar-refractivity contribution in [3.63, 3.8) is 0 Å². The number of hydrogen-bond acceptors (Lipinski definition) is 5. The predicted octanol–water partition coefficient (Wildman–Crippen LogP) is 2.32. The van der Waals surface area contributed by atoms with E-state index in [0.717, 1.165) is 30.7 Å². The summed E-state index contributed by atoms with van der Waals surface area (Å²) >= 11 is 1.58. The molecule has 0 saturated heterocycles. The molecular formula is C12H23N3O2S. The molecule has 1 aliphatic carbocycles. The van der Waals surface area contributed by atoms with Crippen LogP contribution in [0.5, 0.6) is 0 Å². The first-order valence-corrected chi connectivity index (χ1v) is 7.59. The molecule has 1 amide bonds. The van der Waals surface area contributed by atoms with E-state index in [0.29, 0.717) is 12.0 Å². The quantitative estimate of drug-likeness (QED) is 0.470. The number of thioether (sulfide) groups is 1. The van der Waals surface area contributed by atoms with Gasteiger partial charge in [-0.05, 0) is 45.8 Å². The minimum absolute atomic E-state index is 0.134. The maximum Gasteiger partial charge on any atom is 0.428 e. The molecule has 0 aromatic rings. The molecule has 1 fully saturated rings. The fourth-order valence-electron chi connectivity index (χ4n) is 2.01. The minimum atomic E-state index is -0.496. The van der Waals surface area contributed by atoms with E-state index in [4.69, 9.17) is 10.5 Å². The molecule has 0 bridgehead atoms. The van der Waals surface area contributed by atoms with Crippen molar-refractivity contribution in [1.29, 1.82) is 0 Å². The highest BCUT2D eigenvalue weighted by Crippen LogP contribution is 2.27. The summed E-state index contributed by atoms with van der Waals surface area (Å²) in [7, 11) is 0. The van der Waals surface area contributed by atoms with Gasteiger partial charge in [0, 0.05) is 12.0 Å². The molecule has 1 rings (SSSR count). The number of carbonyl (C=O) groups is 1. The highest BCUT2D eigenvalue weighted by atomic mass is 32.2. The van der Waals surface area contributed by atoms with Crippen LogP contribution in [-0.2, 0) is 4.74 Å². The largest absolute Gasteiger partial charge is 0.446 e. The van der Waals surface area contributed by atoms with Gasteiger partial charge in [-0.15, -0.1) is 11.8 Å². The van der Waals surface area contributed by atoms with Crippen LogP contribution in [0.4, 0.5) is 4.79 Å². The van der Waals surface area contributed by atoms with Crippen molar-refractivity contribution in [3.05, 3.63) is 0 Å². The third kappa shape index (κ3) is 5.27. The van der Waals surface area contributed by atoms with E-state index >= 15 is 0 Å². The molecule has 18 heavy (non-hydrogen) atoms. The van der Waals surface area contributed by atoms with Crippen molar-refractivity contribution >= 4 is 22.9 Å². The smallest absolute Gasteiger partial charge is 0.428 e. The number of carbonyl (C=O) groups excluding carboxylic acids is 1. The van der Waals surface area contributed by atoms with Gasteiger partial charge in [-0.25, -0.2) is 10.2 Å². The summed E-state index contributed by atoms with van der Waals surface area (Å²) in [6, 6.07) is 0.322. The first-order valence-electron chi connectivity index (χ1n) is 6.36. The van der Waals surface area contributed by atoms with E-state index in [1.807, 2.05) is 6.26 Å². The Balaban J connectivity index is 2.47. The Morgan fingerprint density at radius 1 is 1.39 bits per heavy atom. The lowest BCUT2D eigenvalue weighted by atomic mass is 9.87. The summed E-state index contributed by atoms with van der Waals surface area (Å²) in [5.41, 5.74) is 8.33. The summed E-state index contributed by atoms with van der Waals surface area (Å²) < 4.78 is 4.96. The molecule has 0 radical (unpaired) electrons. The zero-order chi connectivity index (χ0) is 13.5. The van der Waals surface area contributed by atoms with Crippen LogP contribution in [0.2, 0.25) is 0 Å². The third-order valence-corrected chi connectivity index (χ3v) is 3.77. The van der Waals surface area contributed by atoms with Crippen molar-refractivity contribution < 1.29 is 9.53 Å². The number of amides is 1. The lowest BCUT2D eigenvalue weighted by Crippen LogP contribution is -2.30. The van der Waals surface area contributed by atoms with Gasteiger partial charge in [0.1, 0.15) is 0 Å². The third-order valence-electron chi connectivity index (χ3n) is 2.93. The Kier molecular flexibility index (Phi) is 6.49. The van der Waals surface area contributed by atoms with E-state index in [1.165, 1.54) is 0 Å². The lowest BCUT2D eigenvalue weighted by molar-refractivity contribution is 0.116. The molecule has 0 aromatic heterocycles. The fraction of sp³-hybridized carbons (Fsp3) is 0.833. The fourth-order valence-corrected chi connectivity index (χ4v) is 2.72. The summed E-state index contributed by atoms with van der Waals surface area (Å²) in [6.07, 6.45) is 5.49. The Morgan fingerprint density at radius 3 is 2.50 bits per heavy atom. The average molecular weight is 273 g/mol. The molecule has 0 aromatic carbocycles. The standard InChI is InChI=1S/C12H23N3O2S/c1-8(2)17-12(16)15-14-11(18-3)9-4-6-10(13)7-5-9/h8-10H,4-7,13H2,1-3H3,(H,15,16)/b14-11-. The van der Waals surface area contributed by atoms with Crippen LogP contribution >= 0.6 is 11.8 Å². The van der Waals surface area contributed by atoms with Crippen molar-refractivity contribution in [1.82, 2.24) is 5.43 Å². The molecule has 0 spiro atoms. The van der Waals surface area contributed by atoms with Gasteiger partial charge in [0.2, 0.25) is 0 Å². The summed E-state index contributed by atoms with van der Waals surface area (Å²) in [4.78, 5) is 11.3. The number of nitrogens with zero attached hydrogens (tertiary/aromatic N) is 1. The number of rotatable bonds is 3. The van der Waals surface area contributed by atoms with Gasteiger partial charge >= 0.3 is 6.09 Å². The second-order valence-electron chi connectivity index (χ2n) is 4.83. The van der Waals surface area contributed by atoms with E-state index < -0.39 is 6.09 Å². The predicted molar refractivity (Wildman–Crippen MR) is 75.6 cm³/mol. The van der Waals surface area contributed by atoms with E-state index in [2.05, 4.69) is 10.5 Å². The number of nitrogens with one attached hydrogen (secondary N) is 1. The van der Waals surface area contributed by atoms with Crippen LogP contribution in [0.1, 0.15) is 39.5 Å². The van der Waals surface area contributed by atoms with Crippen molar-refractivity contribution in [2.45, 2.75) is 51.7 Å². The van der Waals surface area contributed by atoms with Crippen molar-refractivity contribution in [2.24, 2.45) is 16.8 Å². The van der Waals surface area contributed by atoms with Gasteiger partial charge in [-0.3, -0.25) is 0 Å². The maximum absolute atomic E-state index is 11.3. The zero-order valence-corrected chi connectivity index (χ0v) is 12.1. The number of nitrogens with two attached hydrogens (primary N) is 1. The summed E-state index contributed by atoms with van der Waals surface area (Å²) in [5.74, 6) is 0.416. The van der Waals surface area contributed by atoms with E-state index in [9.17, 15) is 4.79 Å². The second-order valence-corrected chi connectivity index (χ2v) is 5.66. The first kappa shape index (κ1) is 15.3. The molecule has 0 unspecified atom stereocenters. The van der Waals surface area contributed by atoms with Crippen LogP contribution < -0.4 is 11.2 Å². The number of hydrazone groups is 1. The van der Waals surface area contributed by atoms with Crippen LogP contribution in [0.3, 0.4) is 0 Å². The average Bonchev–Trinajstić information content (AvgIpc) is 2.31.